The molecule has 1 aromatic rings. The molecule has 1 heterocycles. The molecule has 172 valence electrons. The molecule has 0 radical (unpaired) electrons. The first-order valence-corrected chi connectivity index (χ1v) is 12.2. The maximum absolute atomic E-state index is 9.79. The number of aliphatic hydroxyl groups is 1. The highest BCUT2D eigenvalue weighted by Crippen LogP contribution is 2.32. The Kier molecular flexibility index (Phi) is 12.0. The first-order valence-electron chi connectivity index (χ1n) is 12.2. The zero-order valence-electron chi connectivity index (χ0n) is 19.5. The van der Waals surface area contributed by atoms with Crippen molar-refractivity contribution in [2.45, 2.75) is 122 Å². The van der Waals surface area contributed by atoms with Gasteiger partial charge in [-0.15, -0.1) is 0 Å². The molecule has 30 heavy (non-hydrogen) atoms. The van der Waals surface area contributed by atoms with E-state index in [1.807, 2.05) is 32.0 Å². The van der Waals surface area contributed by atoms with Gasteiger partial charge in [0.25, 0.3) is 0 Å². The lowest BCUT2D eigenvalue weighted by atomic mass is 10.0. The predicted octanol–water partition coefficient (Wildman–Crippen LogP) is 6.40. The molecule has 0 amide bonds. The van der Waals surface area contributed by atoms with Gasteiger partial charge in [-0.3, -0.25) is 0 Å². The minimum Gasteiger partial charge on any atom is -0.394 e. The second-order valence-electron chi connectivity index (χ2n) is 9.13. The van der Waals surface area contributed by atoms with E-state index in [2.05, 4.69) is 19.1 Å². The summed E-state index contributed by atoms with van der Waals surface area (Å²) in [5.41, 5.74) is 1.16. The molecule has 0 aliphatic carbocycles. The molecule has 4 heteroatoms. The van der Waals surface area contributed by atoms with Crippen LogP contribution < -0.4 is 0 Å². The van der Waals surface area contributed by atoms with Gasteiger partial charge in [-0.2, -0.15) is 0 Å². The Labute approximate surface area is 184 Å². The van der Waals surface area contributed by atoms with Gasteiger partial charge in [-0.1, -0.05) is 101 Å². The fourth-order valence-corrected chi connectivity index (χ4v) is 4.27. The first kappa shape index (κ1) is 25.3. The van der Waals surface area contributed by atoms with E-state index in [1.54, 1.807) is 0 Å². The third-order valence-corrected chi connectivity index (χ3v) is 5.92. The molecule has 0 unspecified atom stereocenters. The van der Waals surface area contributed by atoms with Crippen molar-refractivity contribution in [1.82, 2.24) is 0 Å². The summed E-state index contributed by atoms with van der Waals surface area (Å²) >= 11 is 0. The summed E-state index contributed by atoms with van der Waals surface area (Å²) in [6.45, 7) is 6.59. The highest BCUT2D eigenvalue weighted by atomic mass is 16.8. The van der Waals surface area contributed by atoms with Crippen molar-refractivity contribution < 1.29 is 19.3 Å². The molecule has 0 spiro atoms. The summed E-state index contributed by atoms with van der Waals surface area (Å²) in [6.07, 6.45) is 13.5. The van der Waals surface area contributed by atoms with Gasteiger partial charge < -0.3 is 19.3 Å². The van der Waals surface area contributed by atoms with Crippen LogP contribution in [0.4, 0.5) is 0 Å². The number of ether oxygens (including phenoxy) is 3. The van der Waals surface area contributed by atoms with Gasteiger partial charge in [0, 0.05) is 0 Å². The number of benzene rings is 1. The van der Waals surface area contributed by atoms with Crippen molar-refractivity contribution in [2.75, 3.05) is 6.61 Å². The van der Waals surface area contributed by atoms with Crippen molar-refractivity contribution in [3.05, 3.63) is 35.9 Å². The van der Waals surface area contributed by atoms with Gasteiger partial charge in [-0.25, -0.2) is 0 Å². The van der Waals surface area contributed by atoms with Crippen molar-refractivity contribution >= 4 is 0 Å². The maximum Gasteiger partial charge on any atom is 0.164 e. The number of hydrogen-bond acceptors (Lipinski definition) is 4. The molecule has 1 fully saturated rings. The quantitative estimate of drug-likeness (QED) is 0.315. The van der Waals surface area contributed by atoms with Gasteiger partial charge in [0.15, 0.2) is 5.79 Å². The van der Waals surface area contributed by atoms with Crippen molar-refractivity contribution in [3.8, 4) is 0 Å². The number of rotatable bonds is 16. The zero-order chi connectivity index (χ0) is 21.7. The fourth-order valence-electron chi connectivity index (χ4n) is 4.27. The molecular formula is C26H44O4. The molecule has 0 aromatic heterocycles. The molecule has 0 saturated carbocycles. The second kappa shape index (κ2) is 14.2. The Balaban J connectivity index is 1.75. The van der Waals surface area contributed by atoms with Gasteiger partial charge in [0.2, 0.25) is 0 Å². The Hall–Kier alpha value is -0.940. The third kappa shape index (κ3) is 9.47. The summed E-state index contributed by atoms with van der Waals surface area (Å²) in [6, 6.07) is 10.2. The molecule has 2 rings (SSSR count). The van der Waals surface area contributed by atoms with E-state index in [-0.39, 0.29) is 24.9 Å². The number of unbranched alkanes of at least 4 members (excludes halogenated alkanes) is 9. The lowest BCUT2D eigenvalue weighted by Crippen LogP contribution is -2.39. The second-order valence-corrected chi connectivity index (χ2v) is 9.13. The van der Waals surface area contributed by atoms with E-state index in [4.69, 9.17) is 14.2 Å². The number of aliphatic hydroxyl groups excluding tert-OH is 1. The molecular weight excluding hydrogens is 376 g/mol. The van der Waals surface area contributed by atoms with Crippen LogP contribution in [0.3, 0.4) is 0 Å². The zero-order valence-corrected chi connectivity index (χ0v) is 19.5. The van der Waals surface area contributed by atoms with Crippen molar-refractivity contribution in [3.63, 3.8) is 0 Å². The highest BCUT2D eigenvalue weighted by Gasteiger charge is 2.45. The van der Waals surface area contributed by atoms with Gasteiger partial charge in [-0.05, 0) is 25.8 Å². The summed E-state index contributed by atoms with van der Waals surface area (Å²) in [5, 5.41) is 9.79. The van der Waals surface area contributed by atoms with Crippen LogP contribution in [0.25, 0.3) is 0 Å². The monoisotopic (exact) mass is 420 g/mol. The van der Waals surface area contributed by atoms with Crippen LogP contribution in [-0.2, 0) is 20.8 Å². The molecule has 1 saturated heterocycles. The topological polar surface area (TPSA) is 47.9 Å². The minimum atomic E-state index is -0.676. The molecule has 3 atom stereocenters. The van der Waals surface area contributed by atoms with Gasteiger partial charge in [0.05, 0.1) is 19.3 Å². The van der Waals surface area contributed by atoms with Crippen LogP contribution in [0.2, 0.25) is 0 Å². The maximum atomic E-state index is 9.79. The molecule has 1 N–H and O–H groups in total. The molecule has 1 aromatic carbocycles. The van der Waals surface area contributed by atoms with Gasteiger partial charge >= 0.3 is 0 Å². The van der Waals surface area contributed by atoms with E-state index in [0.29, 0.717) is 6.61 Å². The SMILES string of the molecule is CCCCCCCCCCCC[C@@H](OCc1ccccc1)[C@@H]1OC(C)(C)O[C@H]1CO. The molecule has 1 aliphatic heterocycles. The van der Waals surface area contributed by atoms with Gasteiger partial charge in [0.1, 0.15) is 12.2 Å². The first-order chi connectivity index (χ1) is 14.6. The van der Waals surface area contributed by atoms with Crippen molar-refractivity contribution in [1.29, 1.82) is 0 Å². The van der Waals surface area contributed by atoms with Crippen LogP contribution in [0.1, 0.15) is 97.0 Å². The average Bonchev–Trinajstić information content (AvgIpc) is 3.06. The van der Waals surface area contributed by atoms with Crippen molar-refractivity contribution in [2.24, 2.45) is 0 Å². The van der Waals surface area contributed by atoms with Crippen LogP contribution in [0.5, 0.6) is 0 Å². The Morgan fingerprint density at radius 3 is 2.10 bits per heavy atom. The lowest BCUT2D eigenvalue weighted by Gasteiger charge is -2.26. The van der Waals surface area contributed by atoms with E-state index < -0.39 is 5.79 Å². The van der Waals surface area contributed by atoms with Crippen LogP contribution in [0.15, 0.2) is 30.3 Å². The Bertz CT molecular complexity index is 545. The minimum absolute atomic E-state index is 0.0443. The fraction of sp³-hybridized carbons (Fsp3) is 0.769. The average molecular weight is 421 g/mol. The lowest BCUT2D eigenvalue weighted by molar-refractivity contribution is -0.162. The Morgan fingerprint density at radius 1 is 0.900 bits per heavy atom. The molecule has 1 aliphatic rings. The van der Waals surface area contributed by atoms with Crippen LogP contribution >= 0.6 is 0 Å². The number of hydrogen-bond donors (Lipinski definition) is 1. The standard InChI is InChI=1S/C26H44O4/c1-4-5-6-7-8-9-10-11-12-16-19-23(28-21-22-17-14-13-15-18-22)25-24(20-27)29-26(2,3)30-25/h13-15,17-18,23-25,27H,4-12,16,19-21H2,1-3H3/t23-,24+,25+/m1/s1. The van der Waals surface area contributed by atoms with E-state index in [9.17, 15) is 5.11 Å². The molecule has 0 bridgehead atoms. The summed E-state index contributed by atoms with van der Waals surface area (Å²) in [5.74, 6) is -0.676. The smallest absolute Gasteiger partial charge is 0.164 e. The summed E-state index contributed by atoms with van der Waals surface area (Å²) in [7, 11) is 0. The third-order valence-electron chi connectivity index (χ3n) is 5.92. The normalized spacial score (nSPS) is 21.7. The molecule has 4 nitrogen and oxygen atoms in total. The predicted molar refractivity (Wildman–Crippen MR) is 122 cm³/mol. The van der Waals surface area contributed by atoms with Crippen LogP contribution in [0, 0.1) is 0 Å². The highest BCUT2D eigenvalue weighted by molar-refractivity contribution is 5.13. The summed E-state index contributed by atoms with van der Waals surface area (Å²) < 4.78 is 18.3. The van der Waals surface area contributed by atoms with E-state index in [0.717, 1.165) is 18.4 Å². The van der Waals surface area contributed by atoms with E-state index >= 15 is 0 Å². The van der Waals surface area contributed by atoms with E-state index in [1.165, 1.54) is 57.8 Å². The summed E-state index contributed by atoms with van der Waals surface area (Å²) in [4.78, 5) is 0. The van der Waals surface area contributed by atoms with Crippen LogP contribution in [-0.4, -0.2) is 35.8 Å². The largest absolute Gasteiger partial charge is 0.394 e. The Morgan fingerprint density at radius 2 is 1.50 bits per heavy atom.